The Morgan fingerprint density at radius 2 is 1.76 bits per heavy atom. The summed E-state index contributed by atoms with van der Waals surface area (Å²) in [5, 5.41) is 10.6. The second-order valence-corrected chi connectivity index (χ2v) is 13.7. The third kappa shape index (κ3) is 1.90. The Bertz CT molecular complexity index is 1120. The number of carbonyl (C=O) groups is 2. The molecule has 2 saturated heterocycles. The third-order valence-electron chi connectivity index (χ3n) is 13.0. The van der Waals surface area contributed by atoms with Crippen molar-refractivity contribution in [2.24, 2.45) is 45.3 Å². The Morgan fingerprint density at radius 1 is 1.03 bits per heavy atom. The third-order valence-corrected chi connectivity index (χ3v) is 13.0. The van der Waals surface area contributed by atoms with Crippen molar-refractivity contribution in [3.8, 4) is 0 Å². The van der Waals surface area contributed by atoms with Gasteiger partial charge in [-0.25, -0.2) is 0 Å². The Morgan fingerprint density at radius 3 is 2.50 bits per heavy atom. The van der Waals surface area contributed by atoms with E-state index in [1.165, 1.54) is 5.57 Å². The fourth-order valence-electron chi connectivity index (χ4n) is 11.0. The number of fused-ring (bicyclic) bond motifs is 6. The van der Waals surface area contributed by atoms with Crippen LogP contribution in [0.2, 0.25) is 0 Å². The molecule has 2 bridgehead atoms. The van der Waals surface area contributed by atoms with Gasteiger partial charge in [-0.05, 0) is 68.8 Å². The first-order valence-electron chi connectivity index (χ1n) is 13.4. The maximum Gasteiger partial charge on any atom is 0.313 e. The summed E-state index contributed by atoms with van der Waals surface area (Å²) in [6.45, 7) is 13.6. The van der Waals surface area contributed by atoms with Crippen molar-refractivity contribution < 1.29 is 24.2 Å². The standard InChI is InChI=1S/C29H38O5/c1-14-7-10-28-12-11-27(6)26(5)9-8-17-16(3)19(31)18(30)13-25(17,4)22(26)20-23(33-20)29(27,34-24(28)32)21(28)15(14)2/h13-15,20-23,30H,7-12H2,1-6H3/t14-,15+,20+,21-,22-,23+,25+,26-,27+,28+,29-/m1/s1. The zero-order valence-electron chi connectivity index (χ0n) is 21.4. The average Bonchev–Trinajstić information content (AvgIpc) is 3.52. The highest BCUT2D eigenvalue weighted by atomic mass is 16.6. The van der Waals surface area contributed by atoms with Gasteiger partial charge in [0.2, 0.25) is 5.78 Å². The molecule has 0 radical (unpaired) electrons. The van der Waals surface area contributed by atoms with Gasteiger partial charge in [0, 0.05) is 28.2 Å². The zero-order chi connectivity index (χ0) is 24.2. The summed E-state index contributed by atoms with van der Waals surface area (Å²) >= 11 is 0. The topological polar surface area (TPSA) is 76.1 Å². The number of esters is 1. The number of allylic oxidation sites excluding steroid dienone is 3. The summed E-state index contributed by atoms with van der Waals surface area (Å²) in [6, 6.07) is 0. The van der Waals surface area contributed by atoms with Gasteiger partial charge in [0.25, 0.3) is 0 Å². The summed E-state index contributed by atoms with van der Waals surface area (Å²) in [5.41, 5.74) is 0.160. The Labute approximate surface area is 202 Å². The van der Waals surface area contributed by atoms with Crippen molar-refractivity contribution in [3.63, 3.8) is 0 Å². The highest BCUT2D eigenvalue weighted by molar-refractivity contribution is 6.08. The van der Waals surface area contributed by atoms with E-state index in [9.17, 15) is 14.7 Å². The van der Waals surface area contributed by atoms with Gasteiger partial charge in [-0.3, -0.25) is 9.59 Å². The largest absolute Gasteiger partial charge is 0.504 e. The smallest absolute Gasteiger partial charge is 0.313 e. The lowest BCUT2D eigenvalue weighted by Gasteiger charge is -2.70. The molecule has 2 heterocycles. The molecule has 5 aliphatic carbocycles. The van der Waals surface area contributed by atoms with Gasteiger partial charge in [-0.15, -0.1) is 0 Å². The van der Waals surface area contributed by atoms with Crippen LogP contribution in [0.4, 0.5) is 0 Å². The molecular formula is C29H38O5. The molecule has 2 aliphatic heterocycles. The van der Waals surface area contributed by atoms with E-state index in [2.05, 4.69) is 34.6 Å². The van der Waals surface area contributed by atoms with Crippen LogP contribution in [-0.4, -0.2) is 34.7 Å². The maximum absolute atomic E-state index is 13.7. The van der Waals surface area contributed by atoms with Crippen molar-refractivity contribution in [3.05, 3.63) is 23.0 Å². The van der Waals surface area contributed by atoms with Gasteiger partial charge in [0.05, 0.1) is 11.5 Å². The van der Waals surface area contributed by atoms with Crippen LogP contribution in [0, 0.1) is 45.3 Å². The van der Waals surface area contributed by atoms with Crippen LogP contribution in [0.25, 0.3) is 0 Å². The second kappa shape index (κ2) is 5.85. The van der Waals surface area contributed by atoms with E-state index in [1.807, 2.05) is 13.0 Å². The Balaban J connectivity index is 1.44. The number of ether oxygens (including phenoxy) is 2. The molecule has 0 unspecified atom stereocenters. The van der Waals surface area contributed by atoms with Gasteiger partial charge >= 0.3 is 5.97 Å². The minimum Gasteiger partial charge on any atom is -0.504 e. The van der Waals surface area contributed by atoms with Crippen LogP contribution in [0.5, 0.6) is 0 Å². The van der Waals surface area contributed by atoms with E-state index in [0.717, 1.165) is 38.5 Å². The number of aliphatic hydroxyl groups is 1. The molecule has 0 aromatic rings. The highest BCUT2D eigenvalue weighted by Crippen LogP contribution is 2.82. The second-order valence-electron chi connectivity index (χ2n) is 13.7. The predicted octanol–water partition coefficient (Wildman–Crippen LogP) is 5.30. The van der Waals surface area contributed by atoms with Gasteiger partial charge in [-0.1, -0.05) is 40.2 Å². The molecule has 4 saturated carbocycles. The number of epoxide rings is 1. The monoisotopic (exact) mass is 466 g/mol. The van der Waals surface area contributed by atoms with Crippen molar-refractivity contribution in [1.82, 2.24) is 0 Å². The minimum atomic E-state index is -0.574. The first kappa shape index (κ1) is 21.6. The molecule has 0 aromatic heterocycles. The molecule has 34 heavy (non-hydrogen) atoms. The Kier molecular flexibility index (Phi) is 3.72. The molecule has 1 spiro atoms. The van der Waals surface area contributed by atoms with E-state index in [1.54, 1.807) is 0 Å². The lowest BCUT2D eigenvalue weighted by Crippen LogP contribution is -2.74. The van der Waals surface area contributed by atoms with Crippen molar-refractivity contribution in [2.75, 3.05) is 0 Å². The summed E-state index contributed by atoms with van der Waals surface area (Å²) in [5.74, 6) is 0.998. The molecule has 6 fully saturated rings. The molecule has 5 heteroatoms. The molecule has 184 valence electrons. The normalized spacial score (nSPS) is 59.2. The molecule has 7 aliphatic rings. The number of hydrogen-bond acceptors (Lipinski definition) is 5. The quantitative estimate of drug-likeness (QED) is 0.387. The predicted molar refractivity (Wildman–Crippen MR) is 126 cm³/mol. The van der Waals surface area contributed by atoms with Crippen LogP contribution in [0.1, 0.15) is 80.1 Å². The average molecular weight is 467 g/mol. The van der Waals surface area contributed by atoms with Crippen LogP contribution in [-0.2, 0) is 19.1 Å². The molecule has 1 N–H and O–H groups in total. The summed E-state index contributed by atoms with van der Waals surface area (Å²) < 4.78 is 13.4. The number of carbonyl (C=O) groups excluding carboxylic acids is 2. The summed E-state index contributed by atoms with van der Waals surface area (Å²) in [6.07, 6.45) is 7.43. The number of aliphatic hydroxyl groups excluding tert-OH is 1. The van der Waals surface area contributed by atoms with Crippen molar-refractivity contribution in [2.45, 2.75) is 97.9 Å². The van der Waals surface area contributed by atoms with E-state index >= 15 is 0 Å². The Hall–Kier alpha value is -1.62. The van der Waals surface area contributed by atoms with Gasteiger partial charge in [0.1, 0.15) is 6.10 Å². The molecule has 0 aromatic carbocycles. The highest BCUT2D eigenvalue weighted by Gasteiger charge is 2.89. The first-order valence-corrected chi connectivity index (χ1v) is 13.4. The van der Waals surface area contributed by atoms with Crippen LogP contribution >= 0.6 is 0 Å². The first-order chi connectivity index (χ1) is 15.9. The van der Waals surface area contributed by atoms with E-state index in [-0.39, 0.29) is 57.8 Å². The molecular weight excluding hydrogens is 428 g/mol. The number of hydrogen-bond donors (Lipinski definition) is 1. The number of Topliss-reactive ketones (excluding diaryl/α,β-unsaturated/α-hetero) is 1. The molecule has 5 nitrogen and oxygen atoms in total. The lowest BCUT2D eigenvalue weighted by atomic mass is 9.32. The fraction of sp³-hybridized carbons (Fsp3) is 0.793. The summed E-state index contributed by atoms with van der Waals surface area (Å²) in [7, 11) is 0. The van der Waals surface area contributed by atoms with E-state index in [4.69, 9.17) is 9.47 Å². The zero-order valence-corrected chi connectivity index (χ0v) is 21.4. The van der Waals surface area contributed by atoms with Crippen molar-refractivity contribution in [1.29, 1.82) is 0 Å². The molecule has 7 rings (SSSR count). The van der Waals surface area contributed by atoms with Crippen molar-refractivity contribution >= 4 is 11.8 Å². The van der Waals surface area contributed by atoms with E-state index < -0.39 is 11.0 Å². The van der Waals surface area contributed by atoms with Crippen LogP contribution < -0.4 is 0 Å². The van der Waals surface area contributed by atoms with Gasteiger partial charge in [-0.2, -0.15) is 0 Å². The van der Waals surface area contributed by atoms with E-state index in [0.29, 0.717) is 17.4 Å². The lowest BCUT2D eigenvalue weighted by molar-refractivity contribution is -0.248. The van der Waals surface area contributed by atoms with Gasteiger partial charge < -0.3 is 14.6 Å². The van der Waals surface area contributed by atoms with Gasteiger partial charge in [0.15, 0.2) is 11.4 Å². The number of ketones is 1. The maximum atomic E-state index is 13.7. The SMILES string of the molecule is CC1=C2CC[C@]3(C)[C@H]([C@@H]4O[C@@H]4[C@]45OC(=O)[C@@]6(CC[C@@H](C)[C@H](C)[C@H]64)CC[C@]53C)[C@@]2(C)C=C(O)C1=O. The molecule has 0 amide bonds. The van der Waals surface area contributed by atoms with Crippen LogP contribution in [0.15, 0.2) is 23.0 Å². The fourth-order valence-corrected chi connectivity index (χ4v) is 11.0. The number of rotatable bonds is 0. The summed E-state index contributed by atoms with van der Waals surface area (Å²) in [4.78, 5) is 26.4. The molecule has 11 atom stereocenters. The minimum absolute atomic E-state index is 0.0189. The van der Waals surface area contributed by atoms with Crippen LogP contribution in [0.3, 0.4) is 0 Å².